The SMILES string of the molecule is CCC(Oc1ccccc1Cl)C(=O)NC(C)c1cc(OC)ccc1OC. The van der Waals surface area contributed by atoms with Crippen molar-refractivity contribution in [3.05, 3.63) is 53.1 Å². The summed E-state index contributed by atoms with van der Waals surface area (Å²) < 4.78 is 16.4. The Morgan fingerprint density at radius 2 is 1.85 bits per heavy atom. The van der Waals surface area contributed by atoms with Crippen molar-refractivity contribution in [2.45, 2.75) is 32.4 Å². The second-order valence-corrected chi connectivity index (χ2v) is 6.19. The van der Waals surface area contributed by atoms with Gasteiger partial charge in [-0.2, -0.15) is 0 Å². The van der Waals surface area contributed by atoms with E-state index in [4.69, 9.17) is 25.8 Å². The number of benzene rings is 2. The third-order valence-electron chi connectivity index (χ3n) is 4.03. The van der Waals surface area contributed by atoms with E-state index in [0.29, 0.717) is 28.7 Å². The first-order chi connectivity index (χ1) is 12.5. The predicted molar refractivity (Wildman–Crippen MR) is 102 cm³/mol. The van der Waals surface area contributed by atoms with Crippen molar-refractivity contribution in [3.63, 3.8) is 0 Å². The Bertz CT molecular complexity index is 750. The lowest BCUT2D eigenvalue weighted by Gasteiger charge is -2.22. The normalized spacial score (nSPS) is 12.8. The van der Waals surface area contributed by atoms with Crippen LogP contribution in [0.4, 0.5) is 0 Å². The second-order valence-electron chi connectivity index (χ2n) is 5.78. The van der Waals surface area contributed by atoms with Gasteiger partial charge >= 0.3 is 0 Å². The fourth-order valence-electron chi connectivity index (χ4n) is 2.58. The lowest BCUT2D eigenvalue weighted by Crippen LogP contribution is -2.39. The monoisotopic (exact) mass is 377 g/mol. The van der Waals surface area contributed by atoms with Crippen LogP contribution < -0.4 is 19.5 Å². The molecule has 0 aliphatic heterocycles. The van der Waals surface area contributed by atoms with Gasteiger partial charge in [0.1, 0.15) is 17.2 Å². The summed E-state index contributed by atoms with van der Waals surface area (Å²) in [5.41, 5.74) is 0.827. The molecule has 0 radical (unpaired) electrons. The fourth-order valence-corrected chi connectivity index (χ4v) is 2.76. The zero-order chi connectivity index (χ0) is 19.1. The summed E-state index contributed by atoms with van der Waals surface area (Å²) in [5, 5.41) is 3.44. The highest BCUT2D eigenvalue weighted by Crippen LogP contribution is 2.30. The van der Waals surface area contributed by atoms with Crippen molar-refractivity contribution in [1.29, 1.82) is 0 Å². The van der Waals surface area contributed by atoms with Crippen LogP contribution in [0, 0.1) is 0 Å². The first-order valence-electron chi connectivity index (χ1n) is 8.43. The minimum atomic E-state index is -0.644. The third kappa shape index (κ3) is 4.82. The van der Waals surface area contributed by atoms with Gasteiger partial charge in [-0.05, 0) is 43.7 Å². The Balaban J connectivity index is 2.13. The molecule has 26 heavy (non-hydrogen) atoms. The van der Waals surface area contributed by atoms with E-state index in [9.17, 15) is 4.79 Å². The summed E-state index contributed by atoms with van der Waals surface area (Å²) in [6, 6.07) is 12.3. The lowest BCUT2D eigenvalue weighted by molar-refractivity contribution is -0.128. The van der Waals surface area contributed by atoms with Crippen molar-refractivity contribution in [1.82, 2.24) is 5.32 Å². The first kappa shape index (κ1) is 19.9. The van der Waals surface area contributed by atoms with E-state index in [0.717, 1.165) is 5.56 Å². The number of amides is 1. The summed E-state index contributed by atoms with van der Waals surface area (Å²) in [4.78, 5) is 12.7. The molecule has 1 N–H and O–H groups in total. The van der Waals surface area contributed by atoms with E-state index in [1.165, 1.54) is 0 Å². The second kappa shape index (κ2) is 9.34. The number of methoxy groups -OCH3 is 2. The third-order valence-corrected chi connectivity index (χ3v) is 4.34. The van der Waals surface area contributed by atoms with E-state index in [1.807, 2.05) is 44.2 Å². The van der Waals surface area contributed by atoms with E-state index in [-0.39, 0.29) is 11.9 Å². The van der Waals surface area contributed by atoms with E-state index < -0.39 is 6.10 Å². The maximum Gasteiger partial charge on any atom is 0.261 e. The van der Waals surface area contributed by atoms with Crippen LogP contribution in [0.25, 0.3) is 0 Å². The lowest BCUT2D eigenvalue weighted by atomic mass is 10.1. The molecule has 0 fully saturated rings. The average molecular weight is 378 g/mol. The van der Waals surface area contributed by atoms with Gasteiger partial charge in [0.2, 0.25) is 0 Å². The van der Waals surface area contributed by atoms with Crippen molar-refractivity contribution in [3.8, 4) is 17.2 Å². The number of carbonyl (C=O) groups is 1. The summed E-state index contributed by atoms with van der Waals surface area (Å²) in [7, 11) is 3.19. The maximum atomic E-state index is 12.7. The van der Waals surface area contributed by atoms with Crippen LogP contribution >= 0.6 is 11.6 Å². The van der Waals surface area contributed by atoms with Crippen LogP contribution in [0.15, 0.2) is 42.5 Å². The quantitative estimate of drug-likeness (QED) is 0.741. The predicted octanol–water partition coefficient (Wildman–Crippen LogP) is 4.39. The summed E-state index contributed by atoms with van der Waals surface area (Å²) in [6.07, 6.45) is -0.132. The molecule has 140 valence electrons. The molecule has 5 nitrogen and oxygen atoms in total. The van der Waals surface area contributed by atoms with Gasteiger partial charge in [-0.1, -0.05) is 30.7 Å². The molecule has 2 atom stereocenters. The largest absolute Gasteiger partial charge is 0.497 e. The first-order valence-corrected chi connectivity index (χ1v) is 8.81. The van der Waals surface area contributed by atoms with E-state index in [1.54, 1.807) is 26.4 Å². The zero-order valence-electron chi connectivity index (χ0n) is 15.4. The summed E-state index contributed by atoms with van der Waals surface area (Å²) >= 11 is 6.12. The highest BCUT2D eigenvalue weighted by atomic mass is 35.5. The van der Waals surface area contributed by atoms with Gasteiger partial charge in [-0.25, -0.2) is 0 Å². The Morgan fingerprint density at radius 1 is 1.12 bits per heavy atom. The smallest absolute Gasteiger partial charge is 0.261 e. The van der Waals surface area contributed by atoms with Gasteiger partial charge in [0.25, 0.3) is 5.91 Å². The van der Waals surface area contributed by atoms with E-state index in [2.05, 4.69) is 5.32 Å². The molecule has 2 aromatic rings. The minimum absolute atomic E-state index is 0.218. The highest BCUT2D eigenvalue weighted by Gasteiger charge is 2.23. The van der Waals surface area contributed by atoms with Crippen molar-refractivity contribution in [2.75, 3.05) is 14.2 Å². The zero-order valence-corrected chi connectivity index (χ0v) is 16.2. The molecule has 0 saturated carbocycles. The molecule has 1 amide bonds. The van der Waals surface area contributed by atoms with Crippen LogP contribution in [-0.4, -0.2) is 26.2 Å². The van der Waals surface area contributed by atoms with Crippen molar-refractivity contribution in [2.24, 2.45) is 0 Å². The topological polar surface area (TPSA) is 56.8 Å². The van der Waals surface area contributed by atoms with Gasteiger partial charge in [-0.15, -0.1) is 0 Å². The van der Waals surface area contributed by atoms with Gasteiger partial charge in [0, 0.05) is 5.56 Å². The van der Waals surface area contributed by atoms with Gasteiger partial charge in [0.05, 0.1) is 25.3 Å². The number of hydrogen-bond donors (Lipinski definition) is 1. The summed E-state index contributed by atoms with van der Waals surface area (Å²) in [5.74, 6) is 1.65. The van der Waals surface area contributed by atoms with Crippen LogP contribution in [0.3, 0.4) is 0 Å². The molecular formula is C20H24ClNO4. The molecule has 0 aromatic heterocycles. The molecule has 0 saturated heterocycles. The van der Waals surface area contributed by atoms with Crippen LogP contribution in [0.5, 0.6) is 17.2 Å². The number of halogens is 1. The summed E-state index contributed by atoms with van der Waals surface area (Å²) in [6.45, 7) is 3.77. The fraction of sp³-hybridized carbons (Fsp3) is 0.350. The van der Waals surface area contributed by atoms with Gasteiger partial charge in [-0.3, -0.25) is 4.79 Å². The van der Waals surface area contributed by atoms with Gasteiger partial charge < -0.3 is 19.5 Å². The number of para-hydroxylation sites is 1. The Labute approximate surface area is 159 Å². The molecule has 0 aliphatic rings. The van der Waals surface area contributed by atoms with Crippen molar-refractivity contribution < 1.29 is 19.0 Å². The van der Waals surface area contributed by atoms with E-state index >= 15 is 0 Å². The number of carbonyl (C=O) groups excluding carboxylic acids is 1. The molecule has 2 aromatic carbocycles. The number of rotatable bonds is 8. The number of hydrogen-bond acceptors (Lipinski definition) is 4. The molecule has 0 aliphatic carbocycles. The molecule has 0 heterocycles. The van der Waals surface area contributed by atoms with Crippen LogP contribution in [0.2, 0.25) is 5.02 Å². The number of nitrogens with one attached hydrogen (secondary N) is 1. The Hall–Kier alpha value is -2.40. The van der Waals surface area contributed by atoms with Gasteiger partial charge in [0.15, 0.2) is 6.10 Å². The molecule has 6 heteroatoms. The number of ether oxygens (including phenoxy) is 3. The standard InChI is InChI=1S/C20H24ClNO4/c1-5-17(26-19-9-7-6-8-16(19)21)20(23)22-13(2)15-12-14(24-3)10-11-18(15)25-4/h6-13,17H,5H2,1-4H3,(H,22,23). The molecule has 0 bridgehead atoms. The Kier molecular flexibility index (Phi) is 7.16. The molecule has 0 spiro atoms. The van der Waals surface area contributed by atoms with Crippen LogP contribution in [-0.2, 0) is 4.79 Å². The maximum absolute atomic E-state index is 12.7. The van der Waals surface area contributed by atoms with Crippen LogP contribution in [0.1, 0.15) is 31.9 Å². The Morgan fingerprint density at radius 3 is 2.46 bits per heavy atom. The van der Waals surface area contributed by atoms with Crippen molar-refractivity contribution >= 4 is 17.5 Å². The molecule has 2 unspecified atom stereocenters. The minimum Gasteiger partial charge on any atom is -0.497 e. The molecule has 2 rings (SSSR count). The molecular weight excluding hydrogens is 354 g/mol. The highest BCUT2D eigenvalue weighted by molar-refractivity contribution is 6.32. The average Bonchev–Trinajstić information content (AvgIpc) is 2.66.